The maximum Gasteiger partial charge on any atom is 0.415 e. The second-order valence-electron chi connectivity index (χ2n) is 2.45. The van der Waals surface area contributed by atoms with Crippen LogP contribution in [0.2, 0.25) is 0 Å². The first kappa shape index (κ1) is 16.7. The topological polar surface area (TPSA) is 0 Å². The molecule has 0 saturated heterocycles. The molecule has 0 N–H and O–H groups in total. The van der Waals surface area contributed by atoms with E-state index in [1.165, 1.54) is 0 Å². The molecule has 0 nitrogen and oxygen atoms in total. The van der Waals surface area contributed by atoms with Gasteiger partial charge in [-0.3, -0.25) is 0 Å². The summed E-state index contributed by atoms with van der Waals surface area (Å²) in [6.45, 7) is 11.9. The van der Waals surface area contributed by atoms with Crippen LogP contribution in [-0.4, -0.2) is 6.18 Å². The SMILES string of the molecule is C=C(Cl)/C(=C\C(=C)C(F)(F)F)CC.CC. The van der Waals surface area contributed by atoms with E-state index in [2.05, 4.69) is 13.2 Å². The van der Waals surface area contributed by atoms with E-state index < -0.39 is 11.7 Å². The van der Waals surface area contributed by atoms with Gasteiger partial charge in [0.2, 0.25) is 0 Å². The minimum absolute atomic E-state index is 0.118. The summed E-state index contributed by atoms with van der Waals surface area (Å²) in [5.74, 6) is 0. The molecule has 0 aromatic rings. The first-order valence-electron chi connectivity index (χ1n) is 4.60. The van der Waals surface area contributed by atoms with Crippen molar-refractivity contribution >= 4 is 11.6 Å². The van der Waals surface area contributed by atoms with Crippen LogP contribution in [0.5, 0.6) is 0 Å². The van der Waals surface area contributed by atoms with Crippen LogP contribution in [0.15, 0.2) is 35.4 Å². The molecule has 0 aromatic carbocycles. The average Bonchev–Trinajstić information content (AvgIpc) is 2.14. The number of allylic oxidation sites excluding steroid dienone is 4. The summed E-state index contributed by atoms with van der Waals surface area (Å²) >= 11 is 5.47. The maximum atomic E-state index is 12.0. The highest BCUT2D eigenvalue weighted by atomic mass is 35.5. The summed E-state index contributed by atoms with van der Waals surface area (Å²) in [5, 5.41) is 0.118. The van der Waals surface area contributed by atoms with Crippen molar-refractivity contribution in [1.29, 1.82) is 0 Å². The lowest BCUT2D eigenvalue weighted by atomic mass is 10.1. The van der Waals surface area contributed by atoms with Gasteiger partial charge in [-0.2, -0.15) is 13.2 Å². The molecule has 0 spiro atoms. The van der Waals surface area contributed by atoms with Crippen molar-refractivity contribution in [2.45, 2.75) is 33.4 Å². The van der Waals surface area contributed by atoms with E-state index in [1.54, 1.807) is 6.92 Å². The van der Waals surface area contributed by atoms with Crippen molar-refractivity contribution in [3.8, 4) is 0 Å². The third-order valence-corrected chi connectivity index (χ3v) is 1.68. The van der Waals surface area contributed by atoms with Gasteiger partial charge in [0.1, 0.15) is 0 Å². The number of alkyl halides is 3. The van der Waals surface area contributed by atoms with Gasteiger partial charge in [0.25, 0.3) is 0 Å². The fourth-order valence-electron chi connectivity index (χ4n) is 0.664. The fraction of sp³-hybridized carbons (Fsp3) is 0.455. The van der Waals surface area contributed by atoms with Crippen molar-refractivity contribution in [1.82, 2.24) is 0 Å². The molecule has 4 heteroatoms. The molecule has 0 aliphatic rings. The summed E-state index contributed by atoms with van der Waals surface area (Å²) < 4.78 is 36.0. The molecule has 15 heavy (non-hydrogen) atoms. The summed E-state index contributed by atoms with van der Waals surface area (Å²) in [5.41, 5.74) is -0.560. The van der Waals surface area contributed by atoms with E-state index in [9.17, 15) is 13.2 Å². The maximum absolute atomic E-state index is 12.0. The molecule has 0 radical (unpaired) electrons. The molecule has 0 fully saturated rings. The summed E-state index contributed by atoms with van der Waals surface area (Å²) in [4.78, 5) is 0. The van der Waals surface area contributed by atoms with Crippen molar-refractivity contribution in [3.63, 3.8) is 0 Å². The molecule has 88 valence electrons. The highest BCUT2D eigenvalue weighted by Crippen LogP contribution is 2.28. The van der Waals surface area contributed by atoms with E-state index in [4.69, 9.17) is 11.6 Å². The van der Waals surface area contributed by atoms with Crippen molar-refractivity contribution < 1.29 is 13.2 Å². The number of hydrogen-bond acceptors (Lipinski definition) is 0. The van der Waals surface area contributed by atoms with Gasteiger partial charge in [0, 0.05) is 10.6 Å². The van der Waals surface area contributed by atoms with Crippen molar-refractivity contribution in [3.05, 3.63) is 35.4 Å². The summed E-state index contributed by atoms with van der Waals surface area (Å²) in [6, 6.07) is 0. The zero-order chi connectivity index (χ0) is 12.6. The average molecular weight is 241 g/mol. The van der Waals surface area contributed by atoms with Crippen LogP contribution in [0.4, 0.5) is 13.2 Å². The molecule has 0 rings (SSSR count). The number of halogens is 4. The van der Waals surface area contributed by atoms with Crippen LogP contribution >= 0.6 is 11.6 Å². The van der Waals surface area contributed by atoms with Gasteiger partial charge >= 0.3 is 6.18 Å². The monoisotopic (exact) mass is 240 g/mol. The Morgan fingerprint density at radius 2 is 1.67 bits per heavy atom. The van der Waals surface area contributed by atoms with Crippen LogP contribution in [-0.2, 0) is 0 Å². The van der Waals surface area contributed by atoms with E-state index in [0.29, 0.717) is 12.0 Å². The third-order valence-electron chi connectivity index (χ3n) is 1.44. The minimum atomic E-state index is -4.40. The molecule has 0 bridgehead atoms. The van der Waals surface area contributed by atoms with Crippen molar-refractivity contribution in [2.75, 3.05) is 0 Å². The predicted octanol–water partition coefficient (Wildman–Crippen LogP) is 5.22. The van der Waals surface area contributed by atoms with Gasteiger partial charge in [0.15, 0.2) is 0 Å². The summed E-state index contributed by atoms with van der Waals surface area (Å²) in [7, 11) is 0. The van der Waals surface area contributed by atoms with Gasteiger partial charge < -0.3 is 0 Å². The molecule has 0 aliphatic carbocycles. The molecule has 0 unspecified atom stereocenters. The van der Waals surface area contributed by atoms with Gasteiger partial charge in [0.05, 0.1) is 0 Å². The third kappa shape index (κ3) is 7.25. The Bertz CT molecular complexity index is 249. The lowest BCUT2D eigenvalue weighted by Crippen LogP contribution is -2.09. The van der Waals surface area contributed by atoms with E-state index in [0.717, 1.165) is 6.08 Å². The largest absolute Gasteiger partial charge is 0.415 e. The van der Waals surface area contributed by atoms with E-state index >= 15 is 0 Å². The van der Waals surface area contributed by atoms with Crippen LogP contribution < -0.4 is 0 Å². The molecule has 0 amide bonds. The Hall–Kier alpha value is -0.700. The molecule has 0 atom stereocenters. The lowest BCUT2D eigenvalue weighted by Gasteiger charge is -2.07. The molecular weight excluding hydrogens is 225 g/mol. The smallest absolute Gasteiger partial charge is 0.166 e. The number of hydrogen-bond donors (Lipinski definition) is 0. The second kappa shape index (κ2) is 7.57. The Kier molecular flexibility index (Phi) is 8.44. The Balaban J connectivity index is 0. The second-order valence-corrected chi connectivity index (χ2v) is 2.91. The minimum Gasteiger partial charge on any atom is -0.166 e. The predicted molar refractivity (Wildman–Crippen MR) is 59.9 cm³/mol. The highest BCUT2D eigenvalue weighted by molar-refractivity contribution is 6.31. The lowest BCUT2D eigenvalue weighted by molar-refractivity contribution is -0.0878. The quantitative estimate of drug-likeness (QED) is 0.594. The van der Waals surface area contributed by atoms with Gasteiger partial charge in [-0.25, -0.2) is 0 Å². The number of rotatable bonds is 3. The van der Waals surface area contributed by atoms with Crippen LogP contribution in [0.3, 0.4) is 0 Å². The van der Waals surface area contributed by atoms with E-state index in [1.807, 2.05) is 13.8 Å². The van der Waals surface area contributed by atoms with Gasteiger partial charge in [-0.15, -0.1) is 0 Å². The summed E-state index contributed by atoms with van der Waals surface area (Å²) in [6.07, 6.45) is -3.08. The van der Waals surface area contributed by atoms with Crippen molar-refractivity contribution in [2.24, 2.45) is 0 Å². The molecule has 0 saturated carbocycles. The first-order valence-corrected chi connectivity index (χ1v) is 4.98. The van der Waals surface area contributed by atoms with E-state index in [-0.39, 0.29) is 5.03 Å². The molecule has 0 aromatic heterocycles. The van der Waals surface area contributed by atoms with Gasteiger partial charge in [-0.1, -0.05) is 45.5 Å². The Labute approximate surface area is 94.1 Å². The van der Waals surface area contributed by atoms with Gasteiger partial charge in [-0.05, 0) is 18.1 Å². The standard InChI is InChI=1S/C9H10ClF3.C2H6/c1-4-8(7(3)10)5-6(2)9(11,12)13;1-2/h5H,2-4H2,1H3;1-2H3/b8-5-;. The van der Waals surface area contributed by atoms with Crippen LogP contribution in [0.25, 0.3) is 0 Å². The normalized spacial score (nSPS) is 11.5. The molecule has 0 aliphatic heterocycles. The molecule has 0 heterocycles. The Morgan fingerprint density at radius 1 is 1.27 bits per heavy atom. The van der Waals surface area contributed by atoms with Crippen LogP contribution in [0.1, 0.15) is 27.2 Å². The zero-order valence-electron chi connectivity index (χ0n) is 9.21. The van der Waals surface area contributed by atoms with Crippen LogP contribution in [0, 0.1) is 0 Å². The fourth-order valence-corrected chi connectivity index (χ4v) is 0.853. The Morgan fingerprint density at radius 3 is 1.87 bits per heavy atom. The highest BCUT2D eigenvalue weighted by Gasteiger charge is 2.30. The zero-order valence-corrected chi connectivity index (χ0v) is 9.97. The first-order chi connectivity index (χ1) is 6.79. The molecular formula is C11H16ClF3.